The van der Waals surface area contributed by atoms with Crippen LogP contribution in [0.25, 0.3) is 0 Å². The monoisotopic (exact) mass is 269 g/mol. The summed E-state index contributed by atoms with van der Waals surface area (Å²) in [6.45, 7) is 0. The molecule has 1 rings (SSSR count). The predicted octanol–water partition coefficient (Wildman–Crippen LogP) is 1.51. The molecule has 0 saturated carbocycles. The molecule has 96 valence electrons. The van der Waals surface area contributed by atoms with Crippen LogP contribution in [0.5, 0.6) is 0 Å². The Bertz CT molecular complexity index is 504. The van der Waals surface area contributed by atoms with E-state index in [0.29, 0.717) is 0 Å². The van der Waals surface area contributed by atoms with Gasteiger partial charge in [-0.05, 0) is 6.07 Å². The lowest BCUT2D eigenvalue weighted by Gasteiger charge is -2.07. The Labute approximate surface area is 107 Å². The maximum absolute atomic E-state index is 11.5. The van der Waals surface area contributed by atoms with Gasteiger partial charge in [-0.3, -0.25) is 15.5 Å². The van der Waals surface area contributed by atoms with Crippen LogP contribution in [-0.2, 0) is 10.5 Å². The van der Waals surface area contributed by atoms with E-state index in [4.69, 9.17) is 11.1 Å². The summed E-state index contributed by atoms with van der Waals surface area (Å²) in [7, 11) is 1.20. The van der Waals surface area contributed by atoms with Crippen molar-refractivity contribution in [2.45, 2.75) is 5.75 Å². The van der Waals surface area contributed by atoms with Gasteiger partial charge in [0.2, 0.25) is 0 Å². The third-order valence-corrected chi connectivity index (χ3v) is 2.87. The number of nitrogens with two attached hydrogens (primary N) is 1. The van der Waals surface area contributed by atoms with Crippen molar-refractivity contribution < 1.29 is 14.5 Å². The second-order valence-electron chi connectivity index (χ2n) is 3.20. The van der Waals surface area contributed by atoms with Gasteiger partial charge in [-0.2, -0.15) is 0 Å². The summed E-state index contributed by atoms with van der Waals surface area (Å²) in [4.78, 5) is 21.8. The average molecular weight is 269 g/mol. The minimum Gasteiger partial charge on any atom is -0.465 e. The van der Waals surface area contributed by atoms with Crippen LogP contribution < -0.4 is 5.73 Å². The van der Waals surface area contributed by atoms with Crippen LogP contribution in [0.1, 0.15) is 15.9 Å². The molecule has 8 heteroatoms. The van der Waals surface area contributed by atoms with Crippen molar-refractivity contribution in [2.24, 2.45) is 5.73 Å². The molecule has 0 saturated heterocycles. The fourth-order valence-electron chi connectivity index (χ4n) is 1.35. The topological polar surface area (TPSA) is 119 Å². The van der Waals surface area contributed by atoms with E-state index in [2.05, 4.69) is 4.74 Å². The highest BCUT2D eigenvalue weighted by atomic mass is 32.2. The van der Waals surface area contributed by atoms with Crippen LogP contribution in [0.4, 0.5) is 5.69 Å². The first-order valence-electron chi connectivity index (χ1n) is 4.78. The van der Waals surface area contributed by atoms with Crippen LogP contribution in [0, 0.1) is 15.5 Å². The molecule has 0 unspecified atom stereocenters. The van der Waals surface area contributed by atoms with Crippen LogP contribution in [0.2, 0.25) is 0 Å². The molecule has 0 aliphatic heterocycles. The molecule has 0 spiro atoms. The highest BCUT2D eigenvalue weighted by molar-refractivity contribution is 8.13. The zero-order valence-corrected chi connectivity index (χ0v) is 10.3. The van der Waals surface area contributed by atoms with Gasteiger partial charge in [-0.25, -0.2) is 4.79 Å². The third kappa shape index (κ3) is 3.20. The molecule has 7 nitrogen and oxygen atoms in total. The molecule has 0 aliphatic rings. The van der Waals surface area contributed by atoms with Gasteiger partial charge in [-0.1, -0.05) is 17.8 Å². The van der Waals surface area contributed by atoms with Gasteiger partial charge >= 0.3 is 5.97 Å². The zero-order valence-electron chi connectivity index (χ0n) is 9.50. The molecule has 0 heterocycles. The van der Waals surface area contributed by atoms with Gasteiger partial charge in [0, 0.05) is 11.8 Å². The second kappa shape index (κ2) is 6.01. The largest absolute Gasteiger partial charge is 0.465 e. The van der Waals surface area contributed by atoms with Crippen LogP contribution in [-0.4, -0.2) is 23.2 Å². The van der Waals surface area contributed by atoms with E-state index in [1.54, 1.807) is 0 Å². The van der Waals surface area contributed by atoms with Gasteiger partial charge in [0.1, 0.15) is 0 Å². The summed E-state index contributed by atoms with van der Waals surface area (Å²) < 4.78 is 4.56. The van der Waals surface area contributed by atoms with Gasteiger partial charge in [0.25, 0.3) is 5.69 Å². The highest BCUT2D eigenvalue weighted by Crippen LogP contribution is 2.27. The summed E-state index contributed by atoms with van der Waals surface area (Å²) in [6.07, 6.45) is 0. The maximum atomic E-state index is 11.5. The first-order chi connectivity index (χ1) is 8.47. The standard InChI is InChI=1S/C10H11N3O4S/c1-17-9(14)6-3-2-4-8(13(15)16)7(6)5-18-10(11)12/h2-4H,5H2,1H3,(H3,11,12). The summed E-state index contributed by atoms with van der Waals surface area (Å²) in [6, 6.07) is 4.14. The number of benzene rings is 1. The maximum Gasteiger partial charge on any atom is 0.338 e. The Kier molecular flexibility index (Phi) is 4.67. The molecule has 0 atom stereocenters. The second-order valence-corrected chi connectivity index (χ2v) is 4.22. The fourth-order valence-corrected chi connectivity index (χ4v) is 1.95. The molecule has 18 heavy (non-hydrogen) atoms. The quantitative estimate of drug-likeness (QED) is 0.281. The minimum atomic E-state index is -0.655. The number of nitro benzene ring substituents is 1. The molecule has 0 radical (unpaired) electrons. The van der Waals surface area contributed by atoms with Gasteiger partial charge in [0.15, 0.2) is 5.17 Å². The van der Waals surface area contributed by atoms with E-state index in [0.717, 1.165) is 11.8 Å². The van der Waals surface area contributed by atoms with Crippen molar-refractivity contribution >= 4 is 28.6 Å². The van der Waals surface area contributed by atoms with Crippen LogP contribution in [0.15, 0.2) is 18.2 Å². The molecule has 0 aromatic heterocycles. The van der Waals surface area contributed by atoms with Crippen molar-refractivity contribution in [3.05, 3.63) is 39.4 Å². The Morgan fingerprint density at radius 3 is 2.78 bits per heavy atom. The van der Waals surface area contributed by atoms with Gasteiger partial charge < -0.3 is 10.5 Å². The fraction of sp³-hybridized carbons (Fsp3) is 0.200. The number of ether oxygens (including phenoxy) is 1. The van der Waals surface area contributed by atoms with Crippen molar-refractivity contribution in [1.82, 2.24) is 0 Å². The lowest BCUT2D eigenvalue weighted by Crippen LogP contribution is -2.10. The first kappa shape index (κ1) is 14.0. The number of hydrogen-bond acceptors (Lipinski definition) is 6. The number of carbonyl (C=O) groups excluding carboxylic acids is 1. The van der Waals surface area contributed by atoms with E-state index >= 15 is 0 Å². The van der Waals surface area contributed by atoms with Crippen molar-refractivity contribution in [3.63, 3.8) is 0 Å². The number of nitrogens with one attached hydrogen (secondary N) is 1. The minimum absolute atomic E-state index is 0.0664. The smallest absolute Gasteiger partial charge is 0.338 e. The van der Waals surface area contributed by atoms with Crippen molar-refractivity contribution in [1.29, 1.82) is 5.41 Å². The molecular formula is C10H11N3O4S. The summed E-state index contributed by atoms with van der Waals surface area (Å²) in [5.74, 6) is -0.588. The van der Waals surface area contributed by atoms with Crippen molar-refractivity contribution in [2.75, 3.05) is 7.11 Å². The SMILES string of the molecule is COC(=O)c1cccc([N+](=O)[O-])c1CSC(=N)N. The summed E-state index contributed by atoms with van der Waals surface area (Å²) in [5, 5.41) is 17.8. The normalized spacial score (nSPS) is 9.83. The molecule has 1 aromatic carbocycles. The molecule has 0 amide bonds. The number of carbonyl (C=O) groups is 1. The average Bonchev–Trinajstić information content (AvgIpc) is 2.34. The Balaban J connectivity index is 3.24. The summed E-state index contributed by atoms with van der Waals surface area (Å²) >= 11 is 0.907. The first-order valence-corrected chi connectivity index (χ1v) is 5.77. The Morgan fingerprint density at radius 1 is 1.61 bits per heavy atom. The van der Waals surface area contributed by atoms with E-state index < -0.39 is 10.9 Å². The van der Waals surface area contributed by atoms with E-state index in [-0.39, 0.29) is 27.7 Å². The number of hydrogen-bond donors (Lipinski definition) is 2. The van der Waals surface area contributed by atoms with E-state index in [9.17, 15) is 14.9 Å². The number of nitrogens with zero attached hydrogens (tertiary/aromatic N) is 1. The van der Waals surface area contributed by atoms with Crippen LogP contribution in [0.3, 0.4) is 0 Å². The van der Waals surface area contributed by atoms with Gasteiger partial charge in [0.05, 0.1) is 23.2 Å². The molecule has 0 fully saturated rings. The number of thioether (sulfide) groups is 1. The molecule has 3 N–H and O–H groups in total. The molecule has 0 bridgehead atoms. The summed E-state index contributed by atoms with van der Waals surface area (Å²) in [5.41, 5.74) is 5.31. The zero-order chi connectivity index (χ0) is 13.7. The number of esters is 1. The number of amidine groups is 1. The molecular weight excluding hydrogens is 258 g/mol. The lowest BCUT2D eigenvalue weighted by atomic mass is 10.1. The number of nitro groups is 1. The highest BCUT2D eigenvalue weighted by Gasteiger charge is 2.22. The Morgan fingerprint density at radius 2 is 2.28 bits per heavy atom. The number of rotatable bonds is 4. The third-order valence-electron chi connectivity index (χ3n) is 2.13. The Hall–Kier alpha value is -2.09. The van der Waals surface area contributed by atoms with Gasteiger partial charge in [-0.15, -0.1) is 0 Å². The number of methoxy groups -OCH3 is 1. The van der Waals surface area contributed by atoms with Crippen LogP contribution >= 0.6 is 11.8 Å². The lowest BCUT2D eigenvalue weighted by molar-refractivity contribution is -0.385. The van der Waals surface area contributed by atoms with E-state index in [1.165, 1.54) is 25.3 Å². The van der Waals surface area contributed by atoms with Crippen molar-refractivity contribution in [3.8, 4) is 0 Å². The molecule has 0 aliphatic carbocycles. The predicted molar refractivity (Wildman–Crippen MR) is 67.6 cm³/mol. The molecule has 1 aromatic rings. The van der Waals surface area contributed by atoms with E-state index in [1.807, 2.05) is 0 Å².